The Balaban J connectivity index is 1.89. The summed E-state index contributed by atoms with van der Waals surface area (Å²) in [7, 11) is 0.466. The summed E-state index contributed by atoms with van der Waals surface area (Å²) in [5.74, 6) is 0.834. The summed E-state index contributed by atoms with van der Waals surface area (Å²) >= 11 is 6.09. The minimum atomic E-state index is -4.04. The van der Waals surface area contributed by atoms with Crippen molar-refractivity contribution in [2.45, 2.75) is 25.3 Å². The van der Waals surface area contributed by atoms with Gasteiger partial charge in [-0.2, -0.15) is 0 Å². The lowest BCUT2D eigenvalue weighted by atomic mass is 10.1. The van der Waals surface area contributed by atoms with Gasteiger partial charge in [0.25, 0.3) is 10.0 Å². The number of sulfonamides is 1. The van der Waals surface area contributed by atoms with E-state index in [1.165, 1.54) is 33.5 Å². The number of nitrogens with zero attached hydrogens (tertiary/aromatic N) is 1. The third kappa shape index (κ3) is 6.03. The van der Waals surface area contributed by atoms with Gasteiger partial charge in [0.05, 0.1) is 31.9 Å². The van der Waals surface area contributed by atoms with Crippen LogP contribution in [-0.2, 0) is 21.4 Å². The van der Waals surface area contributed by atoms with Crippen LogP contribution in [0.2, 0.25) is 5.02 Å². The van der Waals surface area contributed by atoms with E-state index in [1.807, 2.05) is 6.92 Å². The molecule has 0 fully saturated rings. The third-order valence-electron chi connectivity index (χ3n) is 5.54. The van der Waals surface area contributed by atoms with E-state index in [4.69, 9.17) is 25.8 Å². The highest BCUT2D eigenvalue weighted by atomic mass is 35.5. The molecule has 0 bridgehead atoms. The molecule has 1 amide bonds. The van der Waals surface area contributed by atoms with Gasteiger partial charge >= 0.3 is 0 Å². The van der Waals surface area contributed by atoms with Gasteiger partial charge in [0, 0.05) is 11.6 Å². The largest absolute Gasteiger partial charge is 0.493 e. The Kier molecular flexibility index (Phi) is 8.70. The molecule has 192 valence electrons. The molecule has 0 heterocycles. The Hall–Kier alpha value is -3.43. The molecular weight excluding hydrogens is 504 g/mol. The quantitative estimate of drug-likeness (QED) is 0.413. The molecule has 36 heavy (non-hydrogen) atoms. The highest BCUT2D eigenvalue weighted by Crippen LogP contribution is 2.38. The summed E-state index contributed by atoms with van der Waals surface area (Å²) in [4.78, 5) is 13.1. The number of aryl methyl sites for hydroxylation is 2. The van der Waals surface area contributed by atoms with Gasteiger partial charge in [-0.25, -0.2) is 8.42 Å². The second-order valence-electron chi connectivity index (χ2n) is 8.07. The first kappa shape index (κ1) is 27.2. The first-order valence-corrected chi connectivity index (χ1v) is 12.8. The van der Waals surface area contributed by atoms with Crippen molar-refractivity contribution in [2.24, 2.45) is 0 Å². The lowest BCUT2D eigenvalue weighted by Gasteiger charge is -2.26. The van der Waals surface area contributed by atoms with Crippen molar-refractivity contribution in [1.29, 1.82) is 0 Å². The molecule has 0 aliphatic heterocycles. The number of amides is 1. The summed E-state index contributed by atoms with van der Waals surface area (Å²) in [6, 6.07) is 14.7. The van der Waals surface area contributed by atoms with Crippen molar-refractivity contribution in [3.05, 3.63) is 76.3 Å². The highest BCUT2D eigenvalue weighted by Gasteiger charge is 2.28. The molecule has 0 aromatic heterocycles. The van der Waals surface area contributed by atoms with Gasteiger partial charge in [0.15, 0.2) is 11.5 Å². The standard InChI is InChI=1S/C26H29ClN2O6S/c1-17-6-9-21(10-7-17)36(31,32)29(22-11-8-20(27)12-18(22)2)16-25(30)28-15-19-13-23(33-3)26(35-5)24(14-19)34-4/h6-14H,15-16H2,1-5H3,(H,28,30). The summed E-state index contributed by atoms with van der Waals surface area (Å²) in [5.41, 5.74) is 2.60. The number of hydrogen-bond donors (Lipinski definition) is 1. The molecule has 0 spiro atoms. The van der Waals surface area contributed by atoms with Gasteiger partial charge in [-0.1, -0.05) is 29.3 Å². The lowest BCUT2D eigenvalue weighted by Crippen LogP contribution is -2.41. The van der Waals surface area contributed by atoms with Crippen LogP contribution in [0.25, 0.3) is 0 Å². The fourth-order valence-electron chi connectivity index (χ4n) is 3.66. The van der Waals surface area contributed by atoms with Gasteiger partial charge in [0.2, 0.25) is 11.7 Å². The first-order valence-electron chi connectivity index (χ1n) is 11.0. The maximum absolute atomic E-state index is 13.6. The van der Waals surface area contributed by atoms with Crippen LogP contribution in [0.1, 0.15) is 16.7 Å². The maximum Gasteiger partial charge on any atom is 0.264 e. The van der Waals surface area contributed by atoms with E-state index in [2.05, 4.69) is 5.32 Å². The Morgan fingerprint density at radius 2 is 1.53 bits per heavy atom. The number of carbonyl (C=O) groups is 1. The zero-order valence-electron chi connectivity index (χ0n) is 20.8. The number of ether oxygens (including phenoxy) is 3. The predicted octanol–water partition coefficient (Wildman–Crippen LogP) is 4.49. The van der Waals surface area contributed by atoms with E-state index in [0.29, 0.717) is 39.1 Å². The number of rotatable bonds is 10. The summed E-state index contributed by atoms with van der Waals surface area (Å²) in [6.45, 7) is 3.30. The number of benzene rings is 3. The van der Waals surface area contributed by atoms with E-state index in [9.17, 15) is 13.2 Å². The number of halogens is 1. The van der Waals surface area contributed by atoms with Gasteiger partial charge < -0.3 is 19.5 Å². The number of anilines is 1. The first-order chi connectivity index (χ1) is 17.1. The fourth-order valence-corrected chi connectivity index (χ4v) is 5.37. The fraction of sp³-hybridized carbons (Fsp3) is 0.269. The van der Waals surface area contributed by atoms with Crippen LogP contribution in [0, 0.1) is 13.8 Å². The van der Waals surface area contributed by atoms with E-state index < -0.39 is 22.5 Å². The molecule has 1 N–H and O–H groups in total. The Bertz CT molecular complexity index is 1320. The zero-order chi connectivity index (χ0) is 26.5. The molecule has 0 aliphatic rings. The summed E-state index contributed by atoms with van der Waals surface area (Å²) in [6.07, 6.45) is 0. The average molecular weight is 533 g/mol. The van der Waals surface area contributed by atoms with E-state index in [1.54, 1.807) is 49.4 Å². The molecule has 0 aliphatic carbocycles. The topological polar surface area (TPSA) is 94.2 Å². The second kappa shape index (κ2) is 11.5. The molecular formula is C26H29ClN2O6S. The van der Waals surface area contributed by atoms with Crippen LogP contribution in [-0.4, -0.2) is 42.2 Å². The molecule has 3 aromatic carbocycles. The SMILES string of the molecule is COc1cc(CNC(=O)CN(c2ccc(Cl)cc2C)S(=O)(=O)c2ccc(C)cc2)cc(OC)c1OC. The molecule has 0 saturated heterocycles. The average Bonchev–Trinajstić information content (AvgIpc) is 2.85. The van der Waals surface area contributed by atoms with Crippen LogP contribution in [0.4, 0.5) is 5.69 Å². The summed E-state index contributed by atoms with van der Waals surface area (Å²) in [5, 5.41) is 3.25. The molecule has 0 atom stereocenters. The lowest BCUT2D eigenvalue weighted by molar-refractivity contribution is -0.119. The van der Waals surface area contributed by atoms with Crippen LogP contribution < -0.4 is 23.8 Å². The van der Waals surface area contributed by atoms with Crippen molar-refractivity contribution in [1.82, 2.24) is 5.32 Å². The number of hydrogen-bond acceptors (Lipinski definition) is 6. The summed E-state index contributed by atoms with van der Waals surface area (Å²) < 4.78 is 44.3. The monoisotopic (exact) mass is 532 g/mol. The molecule has 0 unspecified atom stereocenters. The van der Waals surface area contributed by atoms with Crippen LogP contribution in [0.3, 0.4) is 0 Å². The Morgan fingerprint density at radius 3 is 2.06 bits per heavy atom. The van der Waals surface area contributed by atoms with Gasteiger partial charge in [0.1, 0.15) is 6.54 Å². The number of methoxy groups -OCH3 is 3. The van der Waals surface area contributed by atoms with Gasteiger partial charge in [-0.3, -0.25) is 9.10 Å². The smallest absolute Gasteiger partial charge is 0.264 e. The zero-order valence-corrected chi connectivity index (χ0v) is 22.4. The highest BCUT2D eigenvalue weighted by molar-refractivity contribution is 7.92. The van der Waals surface area contributed by atoms with E-state index >= 15 is 0 Å². The molecule has 10 heteroatoms. The van der Waals surface area contributed by atoms with Crippen molar-refractivity contribution >= 4 is 33.2 Å². The molecule has 0 saturated carbocycles. The molecule has 3 aromatic rings. The van der Waals surface area contributed by atoms with E-state index in [0.717, 1.165) is 9.87 Å². The van der Waals surface area contributed by atoms with Crippen molar-refractivity contribution in [2.75, 3.05) is 32.2 Å². The number of carbonyl (C=O) groups excluding carboxylic acids is 1. The van der Waals surface area contributed by atoms with Crippen LogP contribution in [0.15, 0.2) is 59.5 Å². The Labute approximate surface area is 216 Å². The molecule has 8 nitrogen and oxygen atoms in total. The van der Waals surface area contributed by atoms with E-state index in [-0.39, 0.29) is 11.4 Å². The second-order valence-corrected chi connectivity index (χ2v) is 10.4. The predicted molar refractivity (Wildman–Crippen MR) is 140 cm³/mol. The molecule has 0 radical (unpaired) electrons. The third-order valence-corrected chi connectivity index (χ3v) is 7.55. The Morgan fingerprint density at radius 1 is 0.917 bits per heavy atom. The minimum absolute atomic E-state index is 0.0832. The van der Waals surface area contributed by atoms with Gasteiger partial charge in [-0.15, -0.1) is 0 Å². The van der Waals surface area contributed by atoms with Crippen molar-refractivity contribution in [3.8, 4) is 17.2 Å². The van der Waals surface area contributed by atoms with Crippen molar-refractivity contribution < 1.29 is 27.4 Å². The number of nitrogens with one attached hydrogen (secondary N) is 1. The van der Waals surface area contributed by atoms with Gasteiger partial charge in [-0.05, 0) is 67.4 Å². The molecule has 3 rings (SSSR count). The van der Waals surface area contributed by atoms with Crippen molar-refractivity contribution in [3.63, 3.8) is 0 Å². The maximum atomic E-state index is 13.6. The van der Waals surface area contributed by atoms with Crippen LogP contribution >= 0.6 is 11.6 Å². The minimum Gasteiger partial charge on any atom is -0.493 e. The van der Waals surface area contributed by atoms with Crippen LogP contribution in [0.5, 0.6) is 17.2 Å². The normalized spacial score (nSPS) is 11.1.